The highest BCUT2D eigenvalue weighted by molar-refractivity contribution is 7.21. The number of hydrogen-bond donors (Lipinski definition) is 0. The summed E-state index contributed by atoms with van der Waals surface area (Å²) in [6.07, 6.45) is 0. The van der Waals surface area contributed by atoms with E-state index in [1.165, 1.54) is 103 Å². The van der Waals surface area contributed by atoms with E-state index < -0.39 is 0 Å². The minimum Gasteiger partial charge on any atom is -0.242 e. The first-order chi connectivity index (χ1) is 31.4. The second-order valence-electron chi connectivity index (χ2n) is 16.7. The van der Waals surface area contributed by atoms with Crippen LogP contribution in [0.15, 0.2) is 194 Å². The third kappa shape index (κ3) is 7.15. The maximum absolute atomic E-state index is 5.03. The molecule has 0 atom stereocenters. The molecule has 0 aliphatic heterocycles. The Balaban J connectivity index is 0.000000362. The molecule has 0 N–H and O–H groups in total. The molecule has 0 spiro atoms. The van der Waals surface area contributed by atoms with Crippen molar-refractivity contribution in [3.8, 4) is 55.1 Å². The summed E-state index contributed by atoms with van der Waals surface area (Å²) >= 11 is 3.52. The van der Waals surface area contributed by atoms with Crippen LogP contribution in [-0.4, -0.2) is 9.97 Å². The molecule has 0 radical (unpaired) electrons. The van der Waals surface area contributed by atoms with Crippen molar-refractivity contribution in [1.29, 1.82) is 0 Å². The van der Waals surface area contributed by atoms with E-state index in [4.69, 9.17) is 4.98 Å². The van der Waals surface area contributed by atoms with Crippen LogP contribution in [0.5, 0.6) is 0 Å². The highest BCUT2D eigenvalue weighted by atomic mass is 32.1. The average Bonchev–Trinajstić information content (AvgIpc) is 3.93. The van der Waals surface area contributed by atoms with Gasteiger partial charge in [0.1, 0.15) is 5.01 Å². The number of benzene rings is 10. The first-order valence-electron chi connectivity index (χ1n) is 21.8. The van der Waals surface area contributed by atoms with Gasteiger partial charge in [-0.2, -0.15) is 0 Å². The molecule has 0 aliphatic rings. The number of nitrogens with zero attached hydrogens (tertiary/aromatic N) is 2. The van der Waals surface area contributed by atoms with Crippen molar-refractivity contribution in [2.75, 3.05) is 0 Å². The lowest BCUT2D eigenvalue weighted by Crippen LogP contribution is -1.97. The summed E-state index contributed by atoms with van der Waals surface area (Å²) in [4.78, 5) is 9.40. The maximum atomic E-state index is 5.03. The summed E-state index contributed by atoms with van der Waals surface area (Å²) in [6, 6.07) is 71.1. The van der Waals surface area contributed by atoms with Crippen molar-refractivity contribution in [2.24, 2.45) is 0 Å². The maximum Gasteiger partial charge on any atom is 0.124 e. The smallest absolute Gasteiger partial charge is 0.124 e. The van der Waals surface area contributed by atoms with Crippen molar-refractivity contribution in [2.45, 2.75) is 27.7 Å². The Hall–Kier alpha value is -7.24. The minimum atomic E-state index is 1.05. The van der Waals surface area contributed by atoms with Gasteiger partial charge < -0.3 is 0 Å². The molecule has 0 aliphatic carbocycles. The van der Waals surface area contributed by atoms with Gasteiger partial charge in [-0.15, -0.1) is 22.7 Å². The highest BCUT2D eigenvalue weighted by Gasteiger charge is 2.26. The van der Waals surface area contributed by atoms with E-state index in [0.717, 1.165) is 26.6 Å². The molecule has 0 saturated carbocycles. The summed E-state index contributed by atoms with van der Waals surface area (Å²) in [5.41, 5.74) is 17.0. The Kier molecular flexibility index (Phi) is 10.2. The zero-order chi connectivity index (χ0) is 43.3. The van der Waals surface area contributed by atoms with Crippen LogP contribution >= 0.6 is 22.7 Å². The first-order valence-corrected chi connectivity index (χ1v) is 23.4. The van der Waals surface area contributed by atoms with E-state index in [-0.39, 0.29) is 0 Å². The fourth-order valence-corrected chi connectivity index (χ4v) is 11.3. The van der Waals surface area contributed by atoms with Gasteiger partial charge in [0.15, 0.2) is 0 Å². The second-order valence-corrected chi connectivity index (χ2v) is 19.0. The highest BCUT2D eigenvalue weighted by Crippen LogP contribution is 2.53. The van der Waals surface area contributed by atoms with Crippen LogP contribution in [0, 0.1) is 27.7 Å². The van der Waals surface area contributed by atoms with Crippen molar-refractivity contribution < 1.29 is 0 Å². The molecule has 0 saturated heterocycles. The van der Waals surface area contributed by atoms with Crippen LogP contribution in [0.25, 0.3) is 108 Å². The molecule has 12 aromatic rings. The summed E-state index contributed by atoms with van der Waals surface area (Å²) in [5, 5.41) is 9.72. The zero-order valence-electron chi connectivity index (χ0n) is 36.2. The van der Waals surface area contributed by atoms with E-state index in [2.05, 4.69) is 220 Å². The lowest BCUT2D eigenvalue weighted by atomic mass is 9.77. The van der Waals surface area contributed by atoms with Crippen molar-refractivity contribution >= 4 is 75.4 Å². The number of fused-ring (bicyclic) bond motifs is 5. The number of thiazole rings is 2. The van der Waals surface area contributed by atoms with Gasteiger partial charge >= 0.3 is 0 Å². The van der Waals surface area contributed by atoms with E-state index in [1.54, 1.807) is 22.7 Å². The number of aryl methyl sites for hydroxylation is 4. The molecular formula is C60H44N2S2. The van der Waals surface area contributed by atoms with E-state index >= 15 is 0 Å². The van der Waals surface area contributed by atoms with Crippen LogP contribution in [-0.2, 0) is 0 Å². The Morgan fingerprint density at radius 3 is 1.14 bits per heavy atom. The summed E-state index contributed by atoms with van der Waals surface area (Å²) < 4.78 is 2.52. The van der Waals surface area contributed by atoms with Gasteiger partial charge in [-0.05, 0) is 140 Å². The normalized spacial score (nSPS) is 11.4. The summed E-state index contributed by atoms with van der Waals surface area (Å²) in [5.74, 6) is 0. The number of rotatable bonds is 5. The fraction of sp³-hybridized carbons (Fsp3) is 0.0667. The molecule has 0 unspecified atom stereocenters. The van der Waals surface area contributed by atoms with Crippen LogP contribution in [0.4, 0.5) is 0 Å². The van der Waals surface area contributed by atoms with Crippen LogP contribution in [0.2, 0.25) is 0 Å². The number of aromatic nitrogens is 2. The molecule has 306 valence electrons. The minimum absolute atomic E-state index is 1.05. The largest absolute Gasteiger partial charge is 0.242 e. The Morgan fingerprint density at radius 1 is 0.312 bits per heavy atom. The molecule has 0 bridgehead atoms. The SMILES string of the molecule is Cc1ccc(-c2c3ccccc3c(-c3ccc(-c4nc5ccc(C)cc5s4)cc3)c3c(-c4ccccc4)c4ccccc4c(-c4ccccc4)c23)cc1.Cc1ccc2nc(C)sc2c1. The second kappa shape index (κ2) is 16.5. The molecule has 12 rings (SSSR count). The molecule has 2 heterocycles. The molecular weight excluding hydrogens is 813 g/mol. The van der Waals surface area contributed by atoms with Crippen LogP contribution in [0.1, 0.15) is 21.7 Å². The van der Waals surface area contributed by atoms with E-state index in [9.17, 15) is 0 Å². The molecule has 4 heteroatoms. The van der Waals surface area contributed by atoms with Gasteiger partial charge in [-0.1, -0.05) is 175 Å². The van der Waals surface area contributed by atoms with Gasteiger partial charge in [0.25, 0.3) is 0 Å². The standard InChI is InChI=1S/C51H35NS.C9H9NS/c1-32-21-24-36(25-22-32)47-41-19-11-12-20-42(41)48(37-26-28-38(29-27-37)51-52-43-30-23-33(2)31-44(43)53-51)50-46(35-15-7-4-8-16-35)40-18-10-9-17-39(40)45(49(47)50)34-13-5-3-6-14-34;1-6-3-4-8-9(5-6)11-7(2)10-8/h3-31H,1-2H3;3-5H,1-2H3. The van der Waals surface area contributed by atoms with Crippen molar-refractivity contribution in [1.82, 2.24) is 9.97 Å². The molecule has 2 nitrogen and oxygen atoms in total. The Morgan fingerprint density at radius 2 is 0.672 bits per heavy atom. The molecule has 2 aromatic heterocycles. The Labute approximate surface area is 381 Å². The van der Waals surface area contributed by atoms with Crippen molar-refractivity contribution in [3.05, 3.63) is 216 Å². The van der Waals surface area contributed by atoms with Crippen molar-refractivity contribution in [3.63, 3.8) is 0 Å². The summed E-state index contributed by atoms with van der Waals surface area (Å²) in [6.45, 7) is 8.45. The third-order valence-electron chi connectivity index (χ3n) is 12.3. The average molecular weight is 857 g/mol. The Bertz CT molecular complexity index is 3680. The van der Waals surface area contributed by atoms with Gasteiger partial charge in [-0.25, -0.2) is 9.97 Å². The summed E-state index contributed by atoms with van der Waals surface area (Å²) in [7, 11) is 0. The van der Waals surface area contributed by atoms with Crippen LogP contribution < -0.4 is 0 Å². The predicted octanol–water partition coefficient (Wildman–Crippen LogP) is 17.6. The van der Waals surface area contributed by atoms with Gasteiger partial charge in [0.05, 0.1) is 25.4 Å². The molecule has 0 amide bonds. The molecule has 0 fully saturated rings. The predicted molar refractivity (Wildman–Crippen MR) is 278 cm³/mol. The lowest BCUT2D eigenvalue weighted by molar-refractivity contribution is 1.34. The molecule has 10 aromatic carbocycles. The molecule has 64 heavy (non-hydrogen) atoms. The lowest BCUT2D eigenvalue weighted by Gasteiger charge is -2.25. The van der Waals surface area contributed by atoms with Gasteiger partial charge in [-0.3, -0.25) is 0 Å². The van der Waals surface area contributed by atoms with Crippen LogP contribution in [0.3, 0.4) is 0 Å². The fourth-order valence-electron chi connectivity index (χ4n) is 9.34. The first kappa shape index (κ1) is 39.6. The van der Waals surface area contributed by atoms with E-state index in [0.29, 0.717) is 0 Å². The zero-order valence-corrected chi connectivity index (χ0v) is 37.8. The quantitative estimate of drug-likeness (QED) is 0.161. The van der Waals surface area contributed by atoms with Gasteiger partial charge in [0, 0.05) is 5.56 Å². The van der Waals surface area contributed by atoms with Gasteiger partial charge in [0.2, 0.25) is 0 Å². The third-order valence-corrected chi connectivity index (χ3v) is 14.3. The van der Waals surface area contributed by atoms with E-state index in [1.807, 2.05) is 6.92 Å². The topological polar surface area (TPSA) is 25.8 Å². The monoisotopic (exact) mass is 856 g/mol. The number of hydrogen-bond acceptors (Lipinski definition) is 4.